The van der Waals surface area contributed by atoms with Crippen LogP contribution in [0.2, 0.25) is 0 Å². The Labute approximate surface area is 210 Å². The lowest BCUT2D eigenvalue weighted by Gasteiger charge is -2.38. The smallest absolute Gasteiger partial charge is 0.264 e. The van der Waals surface area contributed by atoms with Crippen LogP contribution < -0.4 is 9.21 Å². The summed E-state index contributed by atoms with van der Waals surface area (Å²) in [6, 6.07) is 21.5. The van der Waals surface area contributed by atoms with Crippen molar-refractivity contribution in [2.24, 2.45) is 0 Å². The fourth-order valence-corrected chi connectivity index (χ4v) is 5.84. The van der Waals surface area contributed by atoms with Crippen LogP contribution in [0.5, 0.6) is 0 Å². The summed E-state index contributed by atoms with van der Waals surface area (Å²) in [6.45, 7) is 6.48. The number of carbonyl (C=O) groups excluding carboxylic acids is 1. The van der Waals surface area contributed by atoms with Crippen LogP contribution in [0.1, 0.15) is 11.1 Å². The molecule has 1 amide bonds. The van der Waals surface area contributed by atoms with Crippen LogP contribution in [0.4, 0.5) is 11.4 Å². The summed E-state index contributed by atoms with van der Waals surface area (Å²) in [5.41, 5.74) is 4.13. The highest BCUT2D eigenvalue weighted by atomic mass is 79.9. The first-order valence-electron chi connectivity index (χ1n) is 11.2. The summed E-state index contributed by atoms with van der Waals surface area (Å²) in [7, 11) is -3.90. The number of aryl methyl sites for hydroxylation is 1. The van der Waals surface area contributed by atoms with Gasteiger partial charge in [0.1, 0.15) is 6.54 Å². The Morgan fingerprint density at radius 2 is 1.53 bits per heavy atom. The number of anilines is 2. The van der Waals surface area contributed by atoms with Crippen molar-refractivity contribution in [2.75, 3.05) is 41.9 Å². The van der Waals surface area contributed by atoms with Gasteiger partial charge in [0.25, 0.3) is 10.0 Å². The summed E-state index contributed by atoms with van der Waals surface area (Å²) in [6.07, 6.45) is 0. The summed E-state index contributed by atoms with van der Waals surface area (Å²) in [5.74, 6) is -0.206. The molecule has 0 spiro atoms. The molecule has 0 radical (unpaired) electrons. The number of amides is 1. The minimum absolute atomic E-state index is 0.158. The lowest BCUT2D eigenvalue weighted by molar-refractivity contribution is -0.129. The fourth-order valence-electron chi connectivity index (χ4n) is 4.14. The third kappa shape index (κ3) is 5.13. The minimum Gasteiger partial charge on any atom is -0.368 e. The molecule has 1 aliphatic heterocycles. The van der Waals surface area contributed by atoms with Crippen molar-refractivity contribution >= 4 is 43.2 Å². The summed E-state index contributed by atoms with van der Waals surface area (Å²) in [4.78, 5) is 17.5. The predicted octanol–water partition coefficient (Wildman–Crippen LogP) is 4.61. The van der Waals surface area contributed by atoms with Crippen LogP contribution in [-0.2, 0) is 14.8 Å². The Hall–Kier alpha value is -2.84. The Bertz CT molecular complexity index is 1260. The molecule has 3 aromatic carbocycles. The van der Waals surface area contributed by atoms with Crippen molar-refractivity contribution in [3.05, 3.63) is 88.4 Å². The topological polar surface area (TPSA) is 60.9 Å². The molecule has 1 fully saturated rings. The van der Waals surface area contributed by atoms with Gasteiger partial charge in [-0.05, 0) is 67.4 Å². The molecular weight excluding hydrogens is 514 g/mol. The van der Waals surface area contributed by atoms with Gasteiger partial charge >= 0.3 is 0 Å². The number of carbonyl (C=O) groups is 1. The Morgan fingerprint density at radius 1 is 0.882 bits per heavy atom. The lowest BCUT2D eigenvalue weighted by Crippen LogP contribution is -2.52. The molecule has 0 bridgehead atoms. The van der Waals surface area contributed by atoms with Crippen molar-refractivity contribution in [1.29, 1.82) is 0 Å². The predicted molar refractivity (Wildman–Crippen MR) is 140 cm³/mol. The first-order valence-corrected chi connectivity index (χ1v) is 13.4. The van der Waals surface area contributed by atoms with Crippen molar-refractivity contribution in [3.63, 3.8) is 0 Å². The summed E-state index contributed by atoms with van der Waals surface area (Å²) in [5, 5.41) is 0. The maximum absolute atomic E-state index is 13.5. The first-order chi connectivity index (χ1) is 16.3. The van der Waals surface area contributed by atoms with Crippen LogP contribution in [0.3, 0.4) is 0 Å². The third-order valence-corrected chi connectivity index (χ3v) is 8.59. The van der Waals surface area contributed by atoms with Crippen LogP contribution in [-0.4, -0.2) is 51.9 Å². The Morgan fingerprint density at radius 3 is 2.18 bits per heavy atom. The van der Waals surface area contributed by atoms with Crippen LogP contribution in [0.15, 0.2) is 82.2 Å². The Kier molecular flexibility index (Phi) is 7.28. The molecule has 4 rings (SSSR count). The number of piperazine rings is 1. The molecule has 1 saturated heterocycles. The van der Waals surface area contributed by atoms with Crippen LogP contribution in [0.25, 0.3) is 0 Å². The molecule has 6 nitrogen and oxygen atoms in total. The number of nitrogens with zero attached hydrogens (tertiary/aromatic N) is 3. The van der Waals surface area contributed by atoms with Crippen molar-refractivity contribution < 1.29 is 13.2 Å². The first kappa shape index (κ1) is 24.3. The second-order valence-electron chi connectivity index (χ2n) is 8.39. The second-order valence-corrected chi connectivity index (χ2v) is 11.2. The van der Waals surface area contributed by atoms with E-state index in [0.717, 1.165) is 4.47 Å². The number of rotatable bonds is 6. The van der Waals surface area contributed by atoms with E-state index in [1.54, 1.807) is 59.5 Å². The van der Waals surface area contributed by atoms with Crippen molar-refractivity contribution in [3.8, 4) is 0 Å². The van der Waals surface area contributed by atoms with E-state index in [9.17, 15) is 13.2 Å². The molecule has 0 saturated carbocycles. The van der Waals surface area contributed by atoms with E-state index in [-0.39, 0.29) is 17.3 Å². The lowest BCUT2D eigenvalue weighted by atomic mass is 10.1. The standard InChI is InChI=1S/C26H28BrN3O3S/c1-20-7-6-10-25(21(20)2)28-15-17-29(18-16-28)26(31)19-30(23-13-11-22(27)12-14-23)34(32,33)24-8-4-3-5-9-24/h3-14H,15-19H2,1-2H3. The number of sulfonamides is 1. The highest BCUT2D eigenvalue weighted by Gasteiger charge is 2.30. The molecule has 0 unspecified atom stereocenters. The van der Waals surface area contributed by atoms with Gasteiger partial charge in [-0.2, -0.15) is 0 Å². The molecule has 34 heavy (non-hydrogen) atoms. The van der Waals surface area contributed by atoms with E-state index in [0.29, 0.717) is 31.9 Å². The summed E-state index contributed by atoms with van der Waals surface area (Å²) >= 11 is 3.39. The van der Waals surface area contributed by atoms with Gasteiger partial charge in [-0.3, -0.25) is 9.10 Å². The molecule has 0 aliphatic carbocycles. The highest BCUT2D eigenvalue weighted by molar-refractivity contribution is 9.10. The third-order valence-electron chi connectivity index (χ3n) is 6.27. The van der Waals surface area contributed by atoms with Gasteiger partial charge in [0, 0.05) is 36.3 Å². The highest BCUT2D eigenvalue weighted by Crippen LogP contribution is 2.27. The molecule has 178 valence electrons. The van der Waals surface area contributed by atoms with Gasteiger partial charge in [-0.15, -0.1) is 0 Å². The SMILES string of the molecule is Cc1cccc(N2CCN(C(=O)CN(c3ccc(Br)cc3)S(=O)(=O)c3ccccc3)CC2)c1C. The molecule has 1 heterocycles. The van der Waals surface area contributed by atoms with Gasteiger partial charge in [0.05, 0.1) is 10.6 Å². The van der Waals surface area contributed by atoms with Gasteiger partial charge in [-0.25, -0.2) is 8.42 Å². The van der Waals surface area contributed by atoms with E-state index in [1.165, 1.54) is 21.1 Å². The molecule has 8 heteroatoms. The zero-order valence-corrected chi connectivity index (χ0v) is 21.7. The maximum Gasteiger partial charge on any atom is 0.264 e. The molecule has 1 aliphatic rings. The van der Waals surface area contributed by atoms with Crippen LogP contribution in [0, 0.1) is 13.8 Å². The van der Waals surface area contributed by atoms with E-state index < -0.39 is 10.0 Å². The number of hydrogen-bond acceptors (Lipinski definition) is 4. The maximum atomic E-state index is 13.5. The van der Waals surface area contributed by atoms with Gasteiger partial charge in [-0.1, -0.05) is 46.3 Å². The largest absolute Gasteiger partial charge is 0.368 e. The number of hydrogen-bond donors (Lipinski definition) is 0. The van der Waals surface area contributed by atoms with Crippen molar-refractivity contribution in [1.82, 2.24) is 4.90 Å². The fraction of sp³-hybridized carbons (Fsp3) is 0.269. The normalized spacial score (nSPS) is 14.2. The summed E-state index contributed by atoms with van der Waals surface area (Å²) < 4.78 is 29.0. The quantitative estimate of drug-likeness (QED) is 0.457. The van der Waals surface area contributed by atoms with E-state index >= 15 is 0 Å². The van der Waals surface area contributed by atoms with E-state index in [2.05, 4.69) is 52.9 Å². The van der Waals surface area contributed by atoms with Gasteiger partial charge < -0.3 is 9.80 Å². The molecule has 0 aromatic heterocycles. The molecule has 0 atom stereocenters. The molecule has 0 N–H and O–H groups in total. The molecule has 3 aromatic rings. The minimum atomic E-state index is -3.90. The second kappa shape index (κ2) is 10.2. The van der Waals surface area contributed by atoms with Crippen LogP contribution >= 0.6 is 15.9 Å². The Balaban J connectivity index is 1.52. The number of halogens is 1. The zero-order chi connectivity index (χ0) is 24.3. The monoisotopic (exact) mass is 541 g/mol. The average molecular weight is 542 g/mol. The zero-order valence-electron chi connectivity index (χ0n) is 19.3. The van der Waals surface area contributed by atoms with Crippen molar-refractivity contribution in [2.45, 2.75) is 18.7 Å². The number of benzene rings is 3. The average Bonchev–Trinajstić information content (AvgIpc) is 2.85. The van der Waals surface area contributed by atoms with E-state index in [1.807, 2.05) is 0 Å². The van der Waals surface area contributed by atoms with Gasteiger partial charge in [0.2, 0.25) is 5.91 Å². The molecular formula is C26H28BrN3O3S. The van der Waals surface area contributed by atoms with E-state index in [4.69, 9.17) is 0 Å². The van der Waals surface area contributed by atoms with Gasteiger partial charge in [0.15, 0.2) is 0 Å².